The molecule has 0 fully saturated rings. The van der Waals surface area contributed by atoms with Gasteiger partial charge in [-0.3, -0.25) is 19.1 Å². The van der Waals surface area contributed by atoms with E-state index in [1.54, 1.807) is 22.1 Å². The van der Waals surface area contributed by atoms with Crippen LogP contribution in [0.25, 0.3) is 22.5 Å². The number of amides is 1. The summed E-state index contributed by atoms with van der Waals surface area (Å²) in [6, 6.07) is 17.6. The fourth-order valence-electron chi connectivity index (χ4n) is 3.34. The number of carbonyl (C=O) groups excluding carboxylic acids is 1. The number of hydrogen-bond acceptors (Lipinski definition) is 4. The number of carbonyl (C=O) groups is 1. The topological polar surface area (TPSA) is 46.2 Å². The highest BCUT2D eigenvalue weighted by molar-refractivity contribution is 7.19. The van der Waals surface area contributed by atoms with Gasteiger partial charge in [-0.25, -0.2) is 0 Å². The number of aromatic nitrogens is 2. The monoisotopic (exact) mass is 436 g/mol. The van der Waals surface area contributed by atoms with Crippen LogP contribution in [-0.4, -0.2) is 10.5 Å². The Kier molecular flexibility index (Phi) is 5.65. The maximum atomic E-state index is 13.0. The van der Waals surface area contributed by atoms with E-state index in [1.165, 1.54) is 27.9 Å². The van der Waals surface area contributed by atoms with Crippen LogP contribution in [0.4, 0.5) is 5.69 Å². The van der Waals surface area contributed by atoms with E-state index in [0.717, 1.165) is 20.9 Å². The van der Waals surface area contributed by atoms with E-state index < -0.39 is 0 Å². The molecule has 4 aromatic rings. The predicted octanol–water partition coefficient (Wildman–Crippen LogP) is 2.59. The van der Waals surface area contributed by atoms with Gasteiger partial charge >= 0.3 is 0 Å². The second-order valence-corrected chi connectivity index (χ2v) is 8.94. The molecule has 0 saturated heterocycles. The molecule has 2 aromatic carbocycles. The Bertz CT molecular complexity index is 1400. The largest absolute Gasteiger partial charge is 0.299 e. The molecule has 5 nitrogen and oxygen atoms in total. The Hall–Kier alpha value is -3.03. The van der Waals surface area contributed by atoms with Crippen molar-refractivity contribution in [2.75, 3.05) is 4.90 Å². The summed E-state index contributed by atoms with van der Waals surface area (Å²) < 4.78 is 6.49. The molecule has 0 spiro atoms. The number of para-hydroxylation sites is 2. The van der Waals surface area contributed by atoms with E-state index in [9.17, 15) is 9.59 Å². The Morgan fingerprint density at radius 3 is 2.47 bits per heavy atom. The van der Waals surface area contributed by atoms with Crippen molar-refractivity contribution in [1.29, 1.82) is 0 Å². The number of rotatable bonds is 4. The molecule has 2 aromatic heterocycles. The fourth-order valence-corrected chi connectivity index (χ4v) is 5.57. The maximum Gasteiger partial charge on any atom is 0.270 e. The Labute approximate surface area is 182 Å². The second-order valence-electron chi connectivity index (χ2n) is 6.82. The summed E-state index contributed by atoms with van der Waals surface area (Å²) in [6.45, 7) is 4.02. The molecule has 0 aliphatic heterocycles. The van der Waals surface area contributed by atoms with Crippen molar-refractivity contribution in [1.82, 2.24) is 4.57 Å². The molecule has 30 heavy (non-hydrogen) atoms. The zero-order valence-electron chi connectivity index (χ0n) is 17.0. The lowest BCUT2D eigenvalue weighted by molar-refractivity contribution is -0.642. The van der Waals surface area contributed by atoms with Crippen molar-refractivity contribution in [3.8, 4) is 0 Å². The third kappa shape index (κ3) is 3.74. The molecule has 152 valence electrons. The van der Waals surface area contributed by atoms with Crippen molar-refractivity contribution in [2.45, 2.75) is 20.4 Å². The number of benzene rings is 2. The van der Waals surface area contributed by atoms with Crippen LogP contribution in [0.3, 0.4) is 0 Å². The van der Waals surface area contributed by atoms with Gasteiger partial charge in [0.05, 0.1) is 6.08 Å². The molecule has 2 heterocycles. The van der Waals surface area contributed by atoms with E-state index in [4.69, 9.17) is 0 Å². The Morgan fingerprint density at radius 1 is 1.10 bits per heavy atom. The first-order chi connectivity index (χ1) is 14.5. The summed E-state index contributed by atoms with van der Waals surface area (Å²) in [5.41, 5.74) is 1.82. The fraction of sp³-hybridized carbons (Fsp3) is 0.174. The first kappa shape index (κ1) is 20.3. The minimum absolute atomic E-state index is 0.0836. The van der Waals surface area contributed by atoms with Gasteiger partial charge in [-0.2, -0.15) is 4.57 Å². The van der Waals surface area contributed by atoms with Gasteiger partial charge in [0.1, 0.15) is 20.9 Å². The molecule has 0 unspecified atom stereocenters. The zero-order chi connectivity index (χ0) is 21.3. The number of fused-ring (bicyclic) bond motifs is 1. The lowest BCUT2D eigenvalue weighted by Gasteiger charge is -2.15. The maximum absolute atomic E-state index is 13.0. The number of hydrogen-bond donors (Lipinski definition) is 0. The van der Waals surface area contributed by atoms with Crippen molar-refractivity contribution < 1.29 is 9.36 Å². The van der Waals surface area contributed by atoms with Gasteiger partial charge < -0.3 is 0 Å². The van der Waals surface area contributed by atoms with Gasteiger partial charge in [0.15, 0.2) is 0 Å². The number of thiazole rings is 2. The predicted molar refractivity (Wildman–Crippen MR) is 124 cm³/mol. The van der Waals surface area contributed by atoms with E-state index >= 15 is 0 Å². The van der Waals surface area contributed by atoms with Gasteiger partial charge in [0, 0.05) is 31.4 Å². The van der Waals surface area contributed by atoms with E-state index in [1.807, 2.05) is 56.4 Å². The molecule has 1 amide bonds. The molecule has 0 aliphatic carbocycles. The summed E-state index contributed by atoms with van der Waals surface area (Å²) in [6.07, 6.45) is 3.71. The highest BCUT2D eigenvalue weighted by Crippen LogP contribution is 2.19. The zero-order valence-corrected chi connectivity index (χ0v) is 18.7. The summed E-state index contributed by atoms with van der Waals surface area (Å²) in [4.78, 5) is 26.8. The van der Waals surface area contributed by atoms with E-state index in [2.05, 4.69) is 22.8 Å². The van der Waals surface area contributed by atoms with Gasteiger partial charge in [-0.1, -0.05) is 41.7 Å². The highest BCUT2D eigenvalue weighted by atomic mass is 32.1. The lowest BCUT2D eigenvalue weighted by Crippen LogP contribution is -2.34. The average Bonchev–Trinajstić information content (AvgIpc) is 3.23. The van der Waals surface area contributed by atoms with Crippen molar-refractivity contribution in [3.63, 3.8) is 0 Å². The van der Waals surface area contributed by atoms with Crippen molar-refractivity contribution in [2.24, 2.45) is 7.05 Å². The quantitative estimate of drug-likeness (QED) is 0.462. The van der Waals surface area contributed by atoms with Crippen LogP contribution in [0.15, 0.2) is 59.4 Å². The Balaban J connectivity index is 1.89. The van der Waals surface area contributed by atoms with Crippen LogP contribution < -0.4 is 24.2 Å². The smallest absolute Gasteiger partial charge is 0.270 e. The highest BCUT2D eigenvalue weighted by Gasteiger charge is 2.16. The third-order valence-corrected chi connectivity index (χ3v) is 7.10. The first-order valence-corrected chi connectivity index (χ1v) is 11.3. The molecular formula is C23H22N3O2S2+. The standard InChI is InChI=1S/C23H22N3O2S2/c1-4-25-22(14-21-24(3)18-12-8-9-13-19(18)29-21)30-20(23(25)28)15-26(16(2)27)17-10-6-5-7-11-17/h5-15H,4H2,1-3H3/q+1/b20-15+. The average molecular weight is 437 g/mol. The molecule has 0 N–H and O–H groups in total. The molecule has 7 heteroatoms. The summed E-state index contributed by atoms with van der Waals surface area (Å²) >= 11 is 3.10. The number of anilines is 1. The molecule has 0 radical (unpaired) electrons. The van der Waals surface area contributed by atoms with Crippen LogP contribution in [0.1, 0.15) is 18.9 Å². The van der Waals surface area contributed by atoms with Crippen LogP contribution in [0.5, 0.6) is 0 Å². The van der Waals surface area contributed by atoms with Crippen molar-refractivity contribution >= 4 is 56.8 Å². The van der Waals surface area contributed by atoms with Crippen LogP contribution >= 0.6 is 22.7 Å². The molecule has 4 rings (SSSR count). The molecule has 0 aliphatic rings. The third-order valence-electron chi connectivity index (χ3n) is 4.89. The first-order valence-electron chi connectivity index (χ1n) is 9.65. The molecule has 0 atom stereocenters. The second kappa shape index (κ2) is 8.38. The Morgan fingerprint density at radius 2 is 1.80 bits per heavy atom. The SMILES string of the molecule is CCn1c(=O)/c(=C\N(C(C)=O)c2ccccc2)s/c1=C\c1sc2ccccc2[n+]1C. The van der Waals surface area contributed by atoms with Gasteiger partial charge in [-0.05, 0) is 25.1 Å². The van der Waals surface area contributed by atoms with Crippen LogP contribution in [-0.2, 0) is 18.4 Å². The summed E-state index contributed by atoms with van der Waals surface area (Å²) in [5.74, 6) is -0.140. The summed E-state index contributed by atoms with van der Waals surface area (Å²) in [7, 11) is 2.03. The molecule has 0 bridgehead atoms. The molecule has 0 saturated carbocycles. The van der Waals surface area contributed by atoms with Gasteiger partial charge in [0.2, 0.25) is 11.4 Å². The lowest BCUT2D eigenvalue weighted by atomic mass is 10.3. The normalized spacial score (nSPS) is 12.6. The van der Waals surface area contributed by atoms with E-state index in [-0.39, 0.29) is 11.5 Å². The van der Waals surface area contributed by atoms with E-state index in [0.29, 0.717) is 11.1 Å². The van der Waals surface area contributed by atoms with Crippen molar-refractivity contribution in [3.05, 3.63) is 79.2 Å². The number of nitrogens with zero attached hydrogens (tertiary/aromatic N) is 3. The minimum atomic E-state index is -0.140. The minimum Gasteiger partial charge on any atom is -0.299 e. The van der Waals surface area contributed by atoms with Gasteiger partial charge in [-0.15, -0.1) is 11.3 Å². The van der Waals surface area contributed by atoms with Crippen LogP contribution in [0.2, 0.25) is 0 Å². The van der Waals surface area contributed by atoms with Gasteiger partial charge in [0.25, 0.3) is 10.6 Å². The molecular weight excluding hydrogens is 414 g/mol. The number of aryl methyl sites for hydroxylation is 1. The summed E-state index contributed by atoms with van der Waals surface area (Å²) in [5, 5.41) is 1.07. The van der Waals surface area contributed by atoms with Crippen LogP contribution in [0, 0.1) is 0 Å².